The molecule has 1 unspecified atom stereocenters. The summed E-state index contributed by atoms with van der Waals surface area (Å²) in [6.45, 7) is 2.16. The normalized spacial score (nSPS) is 21.2. The number of methoxy groups -OCH3 is 2. The molecule has 8 nitrogen and oxygen atoms in total. The van der Waals surface area contributed by atoms with Crippen LogP contribution in [0.3, 0.4) is 0 Å². The second-order valence-corrected chi connectivity index (χ2v) is 12.9. The fourth-order valence-electron chi connectivity index (χ4n) is 4.20. The van der Waals surface area contributed by atoms with Gasteiger partial charge in [0.1, 0.15) is 11.5 Å². The van der Waals surface area contributed by atoms with Gasteiger partial charge in [-0.05, 0) is 62.5 Å². The zero-order chi connectivity index (χ0) is 24.4. The molecule has 1 heterocycles. The highest BCUT2D eigenvalue weighted by Gasteiger charge is 2.46. The SMILES string of the molecule is COc1ccc(C(CN[C@H]2CS(=O)(=O)C[C@@H]2S(=O)(=O)c2ccc(OC)c(C)c2)N(C)C)cc1. The van der Waals surface area contributed by atoms with Crippen molar-refractivity contribution in [2.75, 3.05) is 46.4 Å². The molecule has 0 spiro atoms. The highest BCUT2D eigenvalue weighted by Crippen LogP contribution is 2.30. The Bertz CT molecular complexity index is 1180. The maximum atomic E-state index is 13.4. The van der Waals surface area contributed by atoms with Gasteiger partial charge in [0.2, 0.25) is 0 Å². The predicted octanol–water partition coefficient (Wildman–Crippen LogP) is 1.84. The minimum atomic E-state index is -3.88. The maximum absolute atomic E-state index is 13.4. The summed E-state index contributed by atoms with van der Waals surface area (Å²) in [5.74, 6) is 0.713. The summed E-state index contributed by atoms with van der Waals surface area (Å²) in [4.78, 5) is 2.11. The van der Waals surface area contributed by atoms with Crippen molar-refractivity contribution in [1.29, 1.82) is 0 Å². The Morgan fingerprint density at radius 2 is 1.73 bits per heavy atom. The Labute approximate surface area is 196 Å². The smallest absolute Gasteiger partial charge is 0.183 e. The van der Waals surface area contributed by atoms with E-state index in [1.54, 1.807) is 20.1 Å². The highest BCUT2D eigenvalue weighted by molar-refractivity contribution is 7.96. The summed E-state index contributed by atoms with van der Waals surface area (Å²) in [6, 6.07) is 11.5. The van der Waals surface area contributed by atoms with Crippen molar-refractivity contribution in [3.63, 3.8) is 0 Å². The largest absolute Gasteiger partial charge is 0.497 e. The van der Waals surface area contributed by atoms with Gasteiger partial charge in [-0.3, -0.25) is 0 Å². The lowest BCUT2D eigenvalue weighted by atomic mass is 10.1. The van der Waals surface area contributed by atoms with E-state index in [1.165, 1.54) is 19.2 Å². The lowest BCUT2D eigenvalue weighted by Crippen LogP contribution is -2.46. The number of rotatable bonds is 9. The number of sulfone groups is 2. The summed E-state index contributed by atoms with van der Waals surface area (Å²) in [6.07, 6.45) is 0. The standard InChI is InChI=1S/C23H32N2O6S2/c1-16-12-19(10-11-22(16)31-5)33(28,29)23-15-32(26,27)14-20(23)24-13-21(25(2)3)17-6-8-18(30-4)9-7-17/h6-12,20-21,23-24H,13-15H2,1-5H3/t20-,21?,23-/m0/s1. The molecule has 182 valence electrons. The van der Waals surface area contributed by atoms with Crippen LogP contribution in [0, 0.1) is 6.92 Å². The molecule has 0 amide bonds. The molecule has 10 heteroatoms. The molecule has 0 saturated carbocycles. The highest BCUT2D eigenvalue weighted by atomic mass is 32.2. The minimum Gasteiger partial charge on any atom is -0.497 e. The van der Waals surface area contributed by atoms with Crippen LogP contribution < -0.4 is 14.8 Å². The fourth-order valence-corrected chi connectivity index (χ4v) is 9.00. The van der Waals surface area contributed by atoms with Gasteiger partial charge in [-0.15, -0.1) is 0 Å². The first-order valence-corrected chi connectivity index (χ1v) is 14.0. The van der Waals surface area contributed by atoms with Crippen molar-refractivity contribution in [2.24, 2.45) is 0 Å². The number of nitrogens with one attached hydrogen (secondary N) is 1. The molecule has 0 bridgehead atoms. The molecule has 3 atom stereocenters. The van der Waals surface area contributed by atoms with Gasteiger partial charge in [0, 0.05) is 18.6 Å². The third-order valence-corrected chi connectivity index (χ3v) is 10.2. The average molecular weight is 497 g/mol. The number of nitrogens with zero attached hydrogens (tertiary/aromatic N) is 1. The molecular formula is C23H32N2O6S2. The Kier molecular flexibility index (Phi) is 7.73. The van der Waals surface area contributed by atoms with Crippen LogP contribution in [0.5, 0.6) is 11.5 Å². The van der Waals surface area contributed by atoms with E-state index in [0.29, 0.717) is 17.9 Å². The monoisotopic (exact) mass is 496 g/mol. The molecule has 0 radical (unpaired) electrons. The third-order valence-electron chi connectivity index (χ3n) is 6.09. The molecule has 1 N–H and O–H groups in total. The Morgan fingerprint density at radius 3 is 2.27 bits per heavy atom. The van der Waals surface area contributed by atoms with Crippen molar-refractivity contribution in [3.8, 4) is 11.5 Å². The molecule has 3 rings (SSSR count). The maximum Gasteiger partial charge on any atom is 0.183 e. The van der Waals surface area contributed by atoms with Gasteiger partial charge in [-0.25, -0.2) is 16.8 Å². The van der Waals surface area contributed by atoms with Crippen molar-refractivity contribution in [2.45, 2.75) is 29.2 Å². The molecule has 1 aliphatic rings. The number of benzene rings is 2. The van der Waals surface area contributed by atoms with E-state index in [9.17, 15) is 16.8 Å². The molecule has 2 aromatic rings. The van der Waals surface area contributed by atoms with Gasteiger partial charge >= 0.3 is 0 Å². The van der Waals surface area contributed by atoms with Crippen LogP contribution in [-0.4, -0.2) is 79.4 Å². The van der Waals surface area contributed by atoms with Gasteiger partial charge in [-0.2, -0.15) is 0 Å². The van der Waals surface area contributed by atoms with Crippen LogP contribution in [0.1, 0.15) is 17.2 Å². The summed E-state index contributed by atoms with van der Waals surface area (Å²) in [5, 5.41) is 2.19. The topological polar surface area (TPSA) is 102 Å². The summed E-state index contributed by atoms with van der Waals surface area (Å²) in [5.41, 5.74) is 1.69. The Hall–Kier alpha value is -2.14. The van der Waals surface area contributed by atoms with Crippen LogP contribution in [0.2, 0.25) is 0 Å². The van der Waals surface area contributed by atoms with Gasteiger partial charge < -0.3 is 19.7 Å². The van der Waals surface area contributed by atoms with E-state index in [1.807, 2.05) is 43.3 Å². The van der Waals surface area contributed by atoms with Crippen LogP contribution in [0.15, 0.2) is 47.4 Å². The summed E-state index contributed by atoms with van der Waals surface area (Å²) >= 11 is 0. The predicted molar refractivity (Wildman–Crippen MR) is 129 cm³/mol. The Balaban J connectivity index is 1.85. The zero-order valence-electron chi connectivity index (χ0n) is 19.6. The lowest BCUT2D eigenvalue weighted by molar-refractivity contribution is 0.281. The number of hydrogen-bond acceptors (Lipinski definition) is 8. The van der Waals surface area contributed by atoms with Gasteiger partial charge in [0.05, 0.1) is 35.9 Å². The molecule has 1 fully saturated rings. The van der Waals surface area contributed by atoms with E-state index in [-0.39, 0.29) is 16.7 Å². The number of hydrogen-bond donors (Lipinski definition) is 1. The second-order valence-electron chi connectivity index (χ2n) is 8.56. The van der Waals surface area contributed by atoms with Gasteiger partial charge in [-0.1, -0.05) is 12.1 Å². The quantitative estimate of drug-likeness (QED) is 0.561. The van der Waals surface area contributed by atoms with Crippen LogP contribution in [0.25, 0.3) is 0 Å². The first-order chi connectivity index (χ1) is 15.5. The fraction of sp³-hybridized carbons (Fsp3) is 0.478. The average Bonchev–Trinajstić information content (AvgIpc) is 3.09. The van der Waals surface area contributed by atoms with Crippen LogP contribution >= 0.6 is 0 Å². The van der Waals surface area contributed by atoms with Crippen molar-refractivity contribution >= 4 is 19.7 Å². The number of likely N-dealkylation sites (N-methyl/N-ethyl adjacent to an activating group) is 1. The molecule has 33 heavy (non-hydrogen) atoms. The summed E-state index contributed by atoms with van der Waals surface area (Å²) < 4.78 is 62.2. The summed E-state index contributed by atoms with van der Waals surface area (Å²) in [7, 11) is -0.398. The van der Waals surface area contributed by atoms with Gasteiger partial charge in [0.25, 0.3) is 0 Å². The van der Waals surface area contributed by atoms with E-state index >= 15 is 0 Å². The molecular weight excluding hydrogens is 464 g/mol. The molecule has 1 saturated heterocycles. The number of aryl methyl sites for hydroxylation is 1. The van der Waals surface area contributed by atoms with Crippen molar-refractivity contribution in [3.05, 3.63) is 53.6 Å². The van der Waals surface area contributed by atoms with Crippen molar-refractivity contribution in [1.82, 2.24) is 10.2 Å². The zero-order valence-corrected chi connectivity index (χ0v) is 21.2. The second kappa shape index (κ2) is 10.0. The number of ether oxygens (including phenoxy) is 2. The molecule has 0 aliphatic carbocycles. The van der Waals surface area contributed by atoms with E-state index < -0.39 is 36.7 Å². The Morgan fingerprint density at radius 1 is 1.06 bits per heavy atom. The van der Waals surface area contributed by atoms with E-state index in [4.69, 9.17) is 9.47 Å². The van der Waals surface area contributed by atoms with Gasteiger partial charge in [0.15, 0.2) is 19.7 Å². The molecule has 0 aromatic heterocycles. The van der Waals surface area contributed by atoms with E-state index in [2.05, 4.69) is 5.32 Å². The van der Waals surface area contributed by atoms with Crippen molar-refractivity contribution < 1.29 is 26.3 Å². The first kappa shape index (κ1) is 25.5. The van der Waals surface area contributed by atoms with Crippen LogP contribution in [-0.2, 0) is 19.7 Å². The lowest BCUT2D eigenvalue weighted by Gasteiger charge is -2.28. The first-order valence-electron chi connectivity index (χ1n) is 10.6. The third kappa shape index (κ3) is 5.68. The van der Waals surface area contributed by atoms with E-state index in [0.717, 1.165) is 11.3 Å². The minimum absolute atomic E-state index is 0.0780. The molecule has 2 aromatic carbocycles. The van der Waals surface area contributed by atoms with Crippen LogP contribution in [0.4, 0.5) is 0 Å². The molecule has 1 aliphatic heterocycles.